The zero-order valence-corrected chi connectivity index (χ0v) is 13.7. The van der Waals surface area contributed by atoms with E-state index in [9.17, 15) is 0 Å². The predicted molar refractivity (Wildman–Crippen MR) is 87.3 cm³/mol. The molecule has 0 saturated heterocycles. The third kappa shape index (κ3) is 4.51. The summed E-state index contributed by atoms with van der Waals surface area (Å²) in [7, 11) is 0. The standard InChI is InChI=1S/C16H17BrClNO/c1-2-19-10-12-4-3-5-15(8-12)20-11-13-6-7-14(17)9-16(13)18/h3-9,19H,2,10-11H2,1H3. The molecule has 20 heavy (non-hydrogen) atoms. The third-order valence-corrected chi connectivity index (χ3v) is 3.73. The fourth-order valence-corrected chi connectivity index (χ4v) is 2.54. The van der Waals surface area contributed by atoms with Crippen molar-refractivity contribution in [2.75, 3.05) is 6.54 Å². The lowest BCUT2D eigenvalue weighted by Gasteiger charge is -2.10. The van der Waals surface area contributed by atoms with Crippen LogP contribution >= 0.6 is 27.5 Å². The minimum absolute atomic E-state index is 0.469. The summed E-state index contributed by atoms with van der Waals surface area (Å²) in [5.41, 5.74) is 2.19. The molecule has 106 valence electrons. The Balaban J connectivity index is 1.99. The van der Waals surface area contributed by atoms with Crippen molar-refractivity contribution in [1.82, 2.24) is 5.32 Å². The van der Waals surface area contributed by atoms with Crippen molar-refractivity contribution in [2.45, 2.75) is 20.1 Å². The second-order valence-electron chi connectivity index (χ2n) is 4.45. The van der Waals surface area contributed by atoms with Gasteiger partial charge in [0.1, 0.15) is 12.4 Å². The first-order valence-corrected chi connectivity index (χ1v) is 7.72. The van der Waals surface area contributed by atoms with E-state index in [1.807, 2.05) is 30.3 Å². The summed E-state index contributed by atoms with van der Waals surface area (Å²) in [5.74, 6) is 0.861. The largest absolute Gasteiger partial charge is 0.489 e. The van der Waals surface area contributed by atoms with Crippen LogP contribution in [-0.4, -0.2) is 6.54 Å². The number of halogens is 2. The summed E-state index contributed by atoms with van der Waals surface area (Å²) in [6.07, 6.45) is 0. The van der Waals surface area contributed by atoms with Crippen molar-refractivity contribution in [3.05, 3.63) is 63.1 Å². The van der Waals surface area contributed by atoms with Gasteiger partial charge in [-0.1, -0.05) is 52.7 Å². The van der Waals surface area contributed by atoms with Crippen LogP contribution in [-0.2, 0) is 13.2 Å². The highest BCUT2D eigenvalue weighted by Gasteiger charge is 2.03. The van der Waals surface area contributed by atoms with Gasteiger partial charge in [0.2, 0.25) is 0 Å². The average molecular weight is 355 g/mol. The van der Waals surface area contributed by atoms with Crippen LogP contribution in [0, 0.1) is 0 Å². The molecule has 0 saturated carbocycles. The van der Waals surface area contributed by atoms with Gasteiger partial charge in [0, 0.05) is 21.6 Å². The van der Waals surface area contributed by atoms with E-state index < -0.39 is 0 Å². The van der Waals surface area contributed by atoms with Crippen LogP contribution in [0.2, 0.25) is 5.02 Å². The van der Waals surface area contributed by atoms with Crippen LogP contribution in [0.3, 0.4) is 0 Å². The van der Waals surface area contributed by atoms with Crippen molar-refractivity contribution in [2.24, 2.45) is 0 Å². The number of hydrogen-bond donors (Lipinski definition) is 1. The molecule has 2 rings (SSSR count). The highest BCUT2D eigenvalue weighted by Crippen LogP contribution is 2.23. The van der Waals surface area contributed by atoms with Gasteiger partial charge in [0.15, 0.2) is 0 Å². The zero-order valence-electron chi connectivity index (χ0n) is 11.3. The summed E-state index contributed by atoms with van der Waals surface area (Å²) in [4.78, 5) is 0. The van der Waals surface area contributed by atoms with Crippen molar-refractivity contribution in [1.29, 1.82) is 0 Å². The van der Waals surface area contributed by atoms with E-state index in [-0.39, 0.29) is 0 Å². The quantitative estimate of drug-likeness (QED) is 0.805. The molecule has 0 radical (unpaired) electrons. The van der Waals surface area contributed by atoms with E-state index in [1.165, 1.54) is 5.56 Å². The summed E-state index contributed by atoms with van der Waals surface area (Å²) < 4.78 is 6.78. The van der Waals surface area contributed by atoms with Gasteiger partial charge < -0.3 is 10.1 Å². The van der Waals surface area contributed by atoms with E-state index in [4.69, 9.17) is 16.3 Å². The van der Waals surface area contributed by atoms with E-state index >= 15 is 0 Å². The van der Waals surface area contributed by atoms with E-state index in [1.54, 1.807) is 0 Å². The SMILES string of the molecule is CCNCc1cccc(OCc2ccc(Br)cc2Cl)c1. The average Bonchev–Trinajstić information content (AvgIpc) is 2.45. The van der Waals surface area contributed by atoms with Crippen LogP contribution in [0.25, 0.3) is 0 Å². The van der Waals surface area contributed by atoms with Gasteiger partial charge in [-0.25, -0.2) is 0 Å². The van der Waals surface area contributed by atoms with Crippen LogP contribution in [0.5, 0.6) is 5.75 Å². The first-order valence-electron chi connectivity index (χ1n) is 6.55. The molecule has 0 aliphatic heterocycles. The van der Waals surface area contributed by atoms with Crippen LogP contribution in [0.4, 0.5) is 0 Å². The van der Waals surface area contributed by atoms with E-state index in [0.717, 1.165) is 28.9 Å². The zero-order chi connectivity index (χ0) is 14.4. The van der Waals surface area contributed by atoms with Crippen molar-refractivity contribution in [3.63, 3.8) is 0 Å². The molecular formula is C16H17BrClNO. The molecule has 0 aromatic heterocycles. The third-order valence-electron chi connectivity index (χ3n) is 2.89. The molecule has 0 atom stereocenters. The molecule has 0 aliphatic carbocycles. The molecular weight excluding hydrogens is 338 g/mol. The minimum atomic E-state index is 0.469. The van der Waals surface area contributed by atoms with Crippen LogP contribution < -0.4 is 10.1 Å². The molecule has 2 nitrogen and oxygen atoms in total. The molecule has 0 spiro atoms. The Morgan fingerprint density at radius 3 is 2.80 bits per heavy atom. The predicted octanol–water partition coefficient (Wildman–Crippen LogP) is 4.79. The van der Waals surface area contributed by atoms with Gasteiger partial charge in [0.05, 0.1) is 0 Å². The molecule has 0 fully saturated rings. The molecule has 2 aromatic carbocycles. The van der Waals surface area contributed by atoms with Crippen LogP contribution in [0.1, 0.15) is 18.1 Å². The Morgan fingerprint density at radius 1 is 1.20 bits per heavy atom. The molecule has 0 unspecified atom stereocenters. The van der Waals surface area contributed by atoms with Gasteiger partial charge in [-0.3, -0.25) is 0 Å². The lowest BCUT2D eigenvalue weighted by atomic mass is 10.2. The van der Waals surface area contributed by atoms with Gasteiger partial charge >= 0.3 is 0 Å². The van der Waals surface area contributed by atoms with Gasteiger partial charge in [-0.05, 0) is 36.4 Å². The topological polar surface area (TPSA) is 21.3 Å². The maximum Gasteiger partial charge on any atom is 0.120 e. The smallest absolute Gasteiger partial charge is 0.120 e. The Bertz CT molecular complexity index is 574. The number of ether oxygens (including phenoxy) is 1. The Kier molecular flexibility index (Phi) is 5.89. The van der Waals surface area contributed by atoms with E-state index in [0.29, 0.717) is 11.6 Å². The van der Waals surface area contributed by atoms with Gasteiger partial charge in [0.25, 0.3) is 0 Å². The Labute approximate surface area is 133 Å². The summed E-state index contributed by atoms with van der Waals surface area (Å²) in [6.45, 7) is 4.37. The normalized spacial score (nSPS) is 10.6. The summed E-state index contributed by atoms with van der Waals surface area (Å²) >= 11 is 9.57. The first-order chi connectivity index (χ1) is 9.69. The second kappa shape index (κ2) is 7.67. The number of benzene rings is 2. The fourth-order valence-electron chi connectivity index (χ4n) is 1.81. The fraction of sp³-hybridized carbons (Fsp3) is 0.250. The molecule has 4 heteroatoms. The molecule has 0 heterocycles. The minimum Gasteiger partial charge on any atom is -0.489 e. The summed E-state index contributed by atoms with van der Waals surface area (Å²) in [6, 6.07) is 13.9. The van der Waals surface area contributed by atoms with Gasteiger partial charge in [-0.15, -0.1) is 0 Å². The number of hydrogen-bond acceptors (Lipinski definition) is 2. The Morgan fingerprint density at radius 2 is 2.05 bits per heavy atom. The highest BCUT2D eigenvalue weighted by atomic mass is 79.9. The molecule has 0 aliphatic rings. The Hall–Kier alpha value is -1.03. The lowest BCUT2D eigenvalue weighted by Crippen LogP contribution is -2.11. The maximum atomic E-state index is 6.18. The number of rotatable bonds is 6. The summed E-state index contributed by atoms with van der Waals surface area (Å²) in [5, 5.41) is 4.01. The first kappa shape index (κ1) is 15.4. The van der Waals surface area contributed by atoms with E-state index in [2.05, 4.69) is 40.3 Å². The monoisotopic (exact) mass is 353 g/mol. The molecule has 0 amide bonds. The van der Waals surface area contributed by atoms with Crippen molar-refractivity contribution in [3.8, 4) is 5.75 Å². The van der Waals surface area contributed by atoms with Crippen molar-refractivity contribution < 1.29 is 4.74 Å². The van der Waals surface area contributed by atoms with Gasteiger partial charge in [-0.2, -0.15) is 0 Å². The molecule has 1 N–H and O–H groups in total. The lowest BCUT2D eigenvalue weighted by molar-refractivity contribution is 0.306. The molecule has 0 bridgehead atoms. The highest BCUT2D eigenvalue weighted by molar-refractivity contribution is 9.10. The second-order valence-corrected chi connectivity index (χ2v) is 5.78. The number of nitrogens with one attached hydrogen (secondary N) is 1. The maximum absolute atomic E-state index is 6.18. The molecule has 2 aromatic rings. The van der Waals surface area contributed by atoms with Crippen LogP contribution in [0.15, 0.2) is 46.9 Å². The van der Waals surface area contributed by atoms with Crippen molar-refractivity contribution >= 4 is 27.5 Å².